The maximum Gasteiger partial charge on any atom is 0.414 e. The van der Waals surface area contributed by atoms with Gasteiger partial charge in [-0.05, 0) is 39.5 Å². The molecule has 1 aliphatic rings. The minimum Gasteiger partial charge on any atom is -0.473 e. The Bertz CT molecular complexity index is 906. The zero-order chi connectivity index (χ0) is 19.4. The van der Waals surface area contributed by atoms with E-state index in [0.29, 0.717) is 11.7 Å². The highest BCUT2D eigenvalue weighted by Gasteiger charge is 2.32. The molecule has 3 aromatic heterocycles. The van der Waals surface area contributed by atoms with Gasteiger partial charge in [0.05, 0.1) is 14.6 Å². The molecule has 0 atom stereocenters. The first-order chi connectivity index (χ1) is 12.9. The SMILES string of the molecule is Brc1ccc(CN2CC(c3nc(-c4cccs4)no3)C2)s1.O=C(O)C(=O)O. The molecule has 11 heteroatoms. The van der Waals surface area contributed by atoms with Crippen molar-refractivity contribution in [3.8, 4) is 10.7 Å². The van der Waals surface area contributed by atoms with Crippen molar-refractivity contribution in [1.82, 2.24) is 15.0 Å². The second-order valence-electron chi connectivity index (χ2n) is 5.64. The van der Waals surface area contributed by atoms with Crippen LogP contribution >= 0.6 is 38.6 Å². The molecule has 4 rings (SSSR count). The molecule has 1 saturated heterocycles. The normalized spacial score (nSPS) is 14.3. The summed E-state index contributed by atoms with van der Waals surface area (Å²) in [7, 11) is 0. The monoisotopic (exact) mass is 471 g/mol. The van der Waals surface area contributed by atoms with Crippen LogP contribution in [0.25, 0.3) is 10.7 Å². The predicted molar refractivity (Wildman–Crippen MR) is 103 cm³/mol. The maximum absolute atomic E-state index is 9.10. The van der Waals surface area contributed by atoms with Crippen molar-refractivity contribution < 1.29 is 24.3 Å². The molecule has 4 heterocycles. The molecular weight excluding hydrogens is 458 g/mol. The molecule has 0 bridgehead atoms. The number of halogens is 1. The lowest BCUT2D eigenvalue weighted by molar-refractivity contribution is -0.159. The number of carbonyl (C=O) groups is 2. The van der Waals surface area contributed by atoms with Crippen LogP contribution in [0.2, 0.25) is 0 Å². The third-order valence-corrected chi connectivity index (χ3v) is 6.16. The van der Waals surface area contributed by atoms with E-state index in [-0.39, 0.29) is 0 Å². The number of rotatable bonds is 4. The fourth-order valence-corrected chi connectivity index (χ4v) is 4.59. The summed E-state index contributed by atoms with van der Waals surface area (Å²) in [5.74, 6) is -1.80. The summed E-state index contributed by atoms with van der Waals surface area (Å²) in [4.78, 5) is 27.6. The quantitative estimate of drug-likeness (QED) is 0.556. The van der Waals surface area contributed by atoms with E-state index >= 15 is 0 Å². The maximum atomic E-state index is 9.10. The Morgan fingerprint density at radius 3 is 2.56 bits per heavy atom. The first-order valence-electron chi connectivity index (χ1n) is 7.72. The molecule has 2 N–H and O–H groups in total. The second-order valence-corrected chi connectivity index (χ2v) is 9.14. The minimum absolute atomic E-state index is 0.370. The van der Waals surface area contributed by atoms with Gasteiger partial charge in [0.15, 0.2) is 0 Å². The molecule has 8 nitrogen and oxygen atoms in total. The zero-order valence-electron chi connectivity index (χ0n) is 13.7. The van der Waals surface area contributed by atoms with Crippen LogP contribution in [-0.2, 0) is 16.1 Å². The predicted octanol–water partition coefficient (Wildman–Crippen LogP) is 3.38. The number of carboxylic acids is 2. The molecule has 0 radical (unpaired) electrons. The van der Waals surface area contributed by atoms with Gasteiger partial charge >= 0.3 is 11.9 Å². The van der Waals surface area contributed by atoms with Crippen LogP contribution in [0, 0.1) is 0 Å². The van der Waals surface area contributed by atoms with E-state index in [4.69, 9.17) is 24.3 Å². The molecule has 0 unspecified atom stereocenters. The highest BCUT2D eigenvalue weighted by molar-refractivity contribution is 9.11. The highest BCUT2D eigenvalue weighted by atomic mass is 79.9. The summed E-state index contributed by atoms with van der Waals surface area (Å²) < 4.78 is 6.60. The first-order valence-corrected chi connectivity index (χ1v) is 10.2. The van der Waals surface area contributed by atoms with E-state index in [9.17, 15) is 0 Å². The van der Waals surface area contributed by atoms with Crippen LogP contribution in [0.3, 0.4) is 0 Å². The van der Waals surface area contributed by atoms with Crippen molar-refractivity contribution in [3.63, 3.8) is 0 Å². The Morgan fingerprint density at radius 1 is 1.26 bits per heavy atom. The lowest BCUT2D eigenvalue weighted by atomic mass is 10.0. The van der Waals surface area contributed by atoms with Crippen LogP contribution in [0.15, 0.2) is 38.0 Å². The van der Waals surface area contributed by atoms with E-state index in [1.54, 1.807) is 22.7 Å². The molecule has 0 amide bonds. The molecule has 1 aliphatic heterocycles. The number of likely N-dealkylation sites (tertiary alicyclic amines) is 1. The standard InChI is InChI=1S/C14H12BrN3OS2.C2H2O4/c15-12-4-3-10(21-12)8-18-6-9(7-18)14-16-13(17-19-14)11-2-1-5-20-11;3-1(4)2(5)6/h1-5,9H,6-8H2;(H,3,4)(H,5,6). The molecule has 142 valence electrons. The van der Waals surface area contributed by atoms with Gasteiger partial charge in [-0.3, -0.25) is 4.90 Å². The molecule has 0 aliphatic carbocycles. The van der Waals surface area contributed by atoms with Crippen LogP contribution in [0.4, 0.5) is 0 Å². The molecule has 0 saturated carbocycles. The Hall–Kier alpha value is -2.08. The summed E-state index contributed by atoms with van der Waals surface area (Å²) in [6.07, 6.45) is 0. The van der Waals surface area contributed by atoms with Gasteiger partial charge in [-0.15, -0.1) is 22.7 Å². The summed E-state index contributed by atoms with van der Waals surface area (Å²) >= 11 is 6.92. The number of aliphatic carboxylic acids is 2. The second kappa shape index (κ2) is 8.74. The van der Waals surface area contributed by atoms with E-state index in [1.807, 2.05) is 17.5 Å². The zero-order valence-corrected chi connectivity index (χ0v) is 17.0. The van der Waals surface area contributed by atoms with Crippen molar-refractivity contribution >= 4 is 50.5 Å². The van der Waals surface area contributed by atoms with Crippen LogP contribution in [-0.4, -0.2) is 50.3 Å². The highest BCUT2D eigenvalue weighted by Crippen LogP contribution is 2.31. The van der Waals surface area contributed by atoms with Gasteiger partial charge < -0.3 is 14.7 Å². The van der Waals surface area contributed by atoms with Gasteiger partial charge in [-0.25, -0.2) is 9.59 Å². The molecule has 0 spiro atoms. The lowest BCUT2D eigenvalue weighted by Crippen LogP contribution is -2.44. The van der Waals surface area contributed by atoms with E-state index < -0.39 is 11.9 Å². The van der Waals surface area contributed by atoms with Crippen molar-refractivity contribution in [2.75, 3.05) is 13.1 Å². The largest absolute Gasteiger partial charge is 0.473 e. The van der Waals surface area contributed by atoms with Crippen molar-refractivity contribution in [3.05, 3.63) is 44.2 Å². The molecule has 1 fully saturated rings. The third kappa shape index (κ3) is 5.22. The summed E-state index contributed by atoms with van der Waals surface area (Å²) in [6, 6.07) is 8.29. The number of hydrogen-bond donors (Lipinski definition) is 2. The molecule has 3 aromatic rings. The van der Waals surface area contributed by atoms with Gasteiger partial charge in [0.2, 0.25) is 11.7 Å². The topological polar surface area (TPSA) is 117 Å². The minimum atomic E-state index is -1.82. The van der Waals surface area contributed by atoms with Crippen molar-refractivity contribution in [1.29, 1.82) is 0 Å². The van der Waals surface area contributed by atoms with Gasteiger partial charge in [0.25, 0.3) is 0 Å². The molecule has 0 aromatic carbocycles. The lowest BCUT2D eigenvalue weighted by Gasteiger charge is -2.36. The van der Waals surface area contributed by atoms with Crippen molar-refractivity contribution in [2.45, 2.75) is 12.5 Å². The summed E-state index contributed by atoms with van der Waals surface area (Å²) in [5.41, 5.74) is 0. The van der Waals surface area contributed by atoms with Gasteiger partial charge in [0, 0.05) is 24.5 Å². The number of nitrogens with zero attached hydrogens (tertiary/aromatic N) is 3. The average molecular weight is 472 g/mol. The van der Waals surface area contributed by atoms with Gasteiger partial charge in [-0.1, -0.05) is 11.2 Å². The number of carboxylic acid groups (broad SMARTS) is 2. The Morgan fingerprint density at radius 2 is 2.00 bits per heavy atom. The summed E-state index contributed by atoms with van der Waals surface area (Å²) in [6.45, 7) is 2.97. The van der Waals surface area contributed by atoms with E-state index in [1.165, 1.54) is 8.66 Å². The van der Waals surface area contributed by atoms with Gasteiger partial charge in [-0.2, -0.15) is 4.98 Å². The third-order valence-electron chi connectivity index (χ3n) is 3.68. The number of hydrogen-bond acceptors (Lipinski definition) is 8. The number of aromatic nitrogens is 2. The Balaban J connectivity index is 0.000000307. The Kier molecular flexibility index (Phi) is 6.37. The van der Waals surface area contributed by atoms with Gasteiger partial charge in [0.1, 0.15) is 0 Å². The summed E-state index contributed by atoms with van der Waals surface area (Å²) in [5, 5.41) is 20.9. The van der Waals surface area contributed by atoms with Crippen LogP contribution in [0.5, 0.6) is 0 Å². The molecule has 27 heavy (non-hydrogen) atoms. The van der Waals surface area contributed by atoms with Crippen LogP contribution < -0.4 is 0 Å². The van der Waals surface area contributed by atoms with E-state index in [0.717, 1.165) is 30.4 Å². The Labute approximate surface area is 170 Å². The molecular formula is C16H14BrN3O5S2. The number of thiophene rings is 2. The smallest absolute Gasteiger partial charge is 0.414 e. The van der Waals surface area contributed by atoms with Crippen LogP contribution in [0.1, 0.15) is 16.7 Å². The fraction of sp³-hybridized carbons (Fsp3) is 0.250. The first kappa shape index (κ1) is 19.7. The van der Waals surface area contributed by atoms with E-state index in [2.05, 4.69) is 43.1 Å². The average Bonchev–Trinajstić information content (AvgIpc) is 3.32. The fourth-order valence-electron chi connectivity index (χ4n) is 2.42. The van der Waals surface area contributed by atoms with Crippen molar-refractivity contribution in [2.24, 2.45) is 0 Å².